The first kappa shape index (κ1) is 11.0. The van der Waals surface area contributed by atoms with Gasteiger partial charge in [-0.2, -0.15) is 0 Å². The van der Waals surface area contributed by atoms with Crippen molar-refractivity contribution >= 4 is 17.9 Å². The molecule has 0 unspecified atom stereocenters. The van der Waals surface area contributed by atoms with E-state index in [0.717, 1.165) is 17.1 Å². The molecule has 0 aliphatic heterocycles. The van der Waals surface area contributed by atoms with E-state index in [9.17, 15) is 0 Å². The van der Waals surface area contributed by atoms with E-state index in [1.54, 1.807) is 0 Å². The Morgan fingerprint density at radius 3 is 2.56 bits per heavy atom. The van der Waals surface area contributed by atoms with E-state index in [2.05, 4.69) is 29.5 Å². The second-order valence-corrected chi connectivity index (χ2v) is 4.34. The molecular formula is C12H15N3S. The molecule has 2 aromatic rings. The van der Waals surface area contributed by atoms with Gasteiger partial charge in [-0.25, -0.2) is 4.68 Å². The van der Waals surface area contributed by atoms with Crippen molar-refractivity contribution in [2.24, 2.45) is 0 Å². The molecule has 84 valence electrons. The molecule has 0 radical (unpaired) electrons. The van der Waals surface area contributed by atoms with Gasteiger partial charge in [-0.3, -0.25) is 5.43 Å². The number of hydrogen-bond donors (Lipinski definition) is 2. The highest BCUT2D eigenvalue weighted by Crippen LogP contribution is 2.12. The molecule has 0 aliphatic rings. The molecule has 1 heterocycles. The molecule has 16 heavy (non-hydrogen) atoms. The molecule has 1 aromatic carbocycles. The van der Waals surface area contributed by atoms with E-state index in [0.29, 0.717) is 4.77 Å². The van der Waals surface area contributed by atoms with Crippen molar-refractivity contribution in [2.75, 3.05) is 5.43 Å². The predicted octanol–water partition coefficient (Wildman–Crippen LogP) is 3.35. The Morgan fingerprint density at radius 1 is 1.25 bits per heavy atom. The average molecular weight is 233 g/mol. The Kier molecular flexibility index (Phi) is 2.83. The number of nitrogens with zero attached hydrogens (tertiary/aromatic N) is 1. The van der Waals surface area contributed by atoms with Crippen LogP contribution in [0.3, 0.4) is 0 Å². The molecule has 3 nitrogen and oxygen atoms in total. The average Bonchev–Trinajstić information content (AvgIpc) is 2.45. The highest BCUT2D eigenvalue weighted by molar-refractivity contribution is 7.71. The van der Waals surface area contributed by atoms with Crippen LogP contribution in [0.5, 0.6) is 0 Å². The molecular weight excluding hydrogens is 218 g/mol. The van der Waals surface area contributed by atoms with Gasteiger partial charge in [0.05, 0.1) is 11.4 Å². The highest BCUT2D eigenvalue weighted by atomic mass is 32.1. The first-order chi connectivity index (χ1) is 7.58. The van der Waals surface area contributed by atoms with Gasteiger partial charge in [0.2, 0.25) is 0 Å². The van der Waals surface area contributed by atoms with Crippen molar-refractivity contribution in [1.82, 2.24) is 9.66 Å². The van der Waals surface area contributed by atoms with Crippen LogP contribution in [-0.2, 0) is 0 Å². The molecule has 0 aliphatic carbocycles. The summed E-state index contributed by atoms with van der Waals surface area (Å²) in [7, 11) is 0. The van der Waals surface area contributed by atoms with Gasteiger partial charge in [-0.1, -0.05) is 12.1 Å². The van der Waals surface area contributed by atoms with Gasteiger partial charge in [0.1, 0.15) is 0 Å². The maximum absolute atomic E-state index is 5.24. The summed E-state index contributed by atoms with van der Waals surface area (Å²) in [5.74, 6) is 0. The van der Waals surface area contributed by atoms with Crippen LogP contribution in [0.15, 0.2) is 24.3 Å². The number of nitrogens with one attached hydrogen (secondary N) is 2. The Balaban J connectivity index is 2.38. The molecule has 0 bridgehead atoms. The van der Waals surface area contributed by atoms with Crippen molar-refractivity contribution in [3.05, 3.63) is 46.0 Å². The number of hydrogen-bond acceptors (Lipinski definition) is 2. The monoisotopic (exact) mass is 233 g/mol. The van der Waals surface area contributed by atoms with E-state index in [1.165, 1.54) is 5.56 Å². The van der Waals surface area contributed by atoms with E-state index in [1.807, 2.05) is 30.7 Å². The van der Waals surface area contributed by atoms with E-state index in [4.69, 9.17) is 12.2 Å². The van der Waals surface area contributed by atoms with Crippen LogP contribution in [0, 0.1) is 25.5 Å². The summed E-state index contributed by atoms with van der Waals surface area (Å²) >= 11 is 5.24. The van der Waals surface area contributed by atoms with Gasteiger partial charge in [0, 0.05) is 5.69 Å². The summed E-state index contributed by atoms with van der Waals surface area (Å²) in [5, 5.41) is 0. The Hall–Kier alpha value is -1.55. The van der Waals surface area contributed by atoms with Gasteiger partial charge in [-0.05, 0) is 50.7 Å². The van der Waals surface area contributed by atoms with Crippen molar-refractivity contribution < 1.29 is 0 Å². The molecule has 0 atom stereocenters. The van der Waals surface area contributed by atoms with Crippen LogP contribution in [0.1, 0.15) is 17.0 Å². The van der Waals surface area contributed by atoms with Crippen molar-refractivity contribution in [1.29, 1.82) is 0 Å². The van der Waals surface area contributed by atoms with E-state index < -0.39 is 0 Å². The second kappa shape index (κ2) is 4.14. The summed E-state index contributed by atoms with van der Waals surface area (Å²) in [5.41, 5.74) is 7.74. The van der Waals surface area contributed by atoms with Gasteiger partial charge >= 0.3 is 0 Å². The maximum Gasteiger partial charge on any atom is 0.196 e. The number of benzene rings is 1. The normalized spacial score (nSPS) is 10.4. The summed E-state index contributed by atoms with van der Waals surface area (Å²) in [6, 6.07) is 8.20. The number of rotatable bonds is 2. The standard InChI is InChI=1S/C12H15N3S/c1-8-5-4-6-11(7-8)14-15-10(3)9(2)13-12(15)16/h4-7,14H,1-3H3,(H,13,16). The van der Waals surface area contributed by atoms with Gasteiger partial charge in [-0.15, -0.1) is 0 Å². The Labute approximate surface area is 100 Å². The summed E-state index contributed by atoms with van der Waals surface area (Å²) in [6.07, 6.45) is 0. The van der Waals surface area contributed by atoms with Crippen LogP contribution in [0.25, 0.3) is 0 Å². The zero-order valence-corrected chi connectivity index (χ0v) is 10.5. The lowest BCUT2D eigenvalue weighted by Gasteiger charge is -2.09. The van der Waals surface area contributed by atoms with E-state index >= 15 is 0 Å². The van der Waals surface area contributed by atoms with Gasteiger partial charge < -0.3 is 4.98 Å². The molecule has 1 aromatic heterocycles. The van der Waals surface area contributed by atoms with Crippen LogP contribution in [0.2, 0.25) is 0 Å². The lowest BCUT2D eigenvalue weighted by molar-refractivity contribution is 0.894. The topological polar surface area (TPSA) is 32.8 Å². The smallest absolute Gasteiger partial charge is 0.196 e. The Bertz CT molecular complexity index is 566. The molecule has 4 heteroatoms. The van der Waals surface area contributed by atoms with Crippen LogP contribution in [-0.4, -0.2) is 9.66 Å². The fourth-order valence-electron chi connectivity index (χ4n) is 1.61. The summed E-state index contributed by atoms with van der Waals surface area (Å²) in [6.45, 7) is 6.11. The highest BCUT2D eigenvalue weighted by Gasteiger charge is 2.03. The van der Waals surface area contributed by atoms with Crippen molar-refractivity contribution in [2.45, 2.75) is 20.8 Å². The lowest BCUT2D eigenvalue weighted by atomic mass is 10.2. The quantitative estimate of drug-likeness (QED) is 0.780. The summed E-state index contributed by atoms with van der Waals surface area (Å²) < 4.78 is 2.58. The third-order valence-electron chi connectivity index (χ3n) is 2.63. The molecule has 2 N–H and O–H groups in total. The minimum atomic E-state index is 0.691. The number of aromatic amines is 1. The van der Waals surface area contributed by atoms with Crippen LogP contribution >= 0.6 is 12.2 Å². The number of aromatic nitrogens is 2. The molecule has 0 amide bonds. The van der Waals surface area contributed by atoms with Crippen LogP contribution in [0.4, 0.5) is 5.69 Å². The van der Waals surface area contributed by atoms with Crippen molar-refractivity contribution in [3.63, 3.8) is 0 Å². The number of aryl methyl sites for hydroxylation is 2. The summed E-state index contributed by atoms with van der Waals surface area (Å²) in [4.78, 5) is 3.13. The van der Waals surface area contributed by atoms with Gasteiger partial charge in [0.25, 0.3) is 0 Å². The van der Waals surface area contributed by atoms with Crippen LogP contribution < -0.4 is 5.43 Å². The fraction of sp³-hybridized carbons (Fsp3) is 0.250. The zero-order valence-electron chi connectivity index (χ0n) is 9.66. The minimum absolute atomic E-state index is 0.691. The number of imidazole rings is 1. The molecule has 0 saturated heterocycles. The first-order valence-corrected chi connectivity index (χ1v) is 5.60. The van der Waals surface area contributed by atoms with Crippen molar-refractivity contribution in [3.8, 4) is 0 Å². The molecule has 0 spiro atoms. The number of anilines is 1. The largest absolute Gasteiger partial charge is 0.333 e. The fourth-order valence-corrected chi connectivity index (χ4v) is 1.94. The third kappa shape index (κ3) is 2.02. The lowest BCUT2D eigenvalue weighted by Crippen LogP contribution is -2.10. The SMILES string of the molecule is Cc1cccc(Nn2c(C)c(C)[nH]c2=S)c1. The maximum atomic E-state index is 5.24. The van der Waals surface area contributed by atoms with E-state index in [-0.39, 0.29) is 0 Å². The zero-order chi connectivity index (χ0) is 11.7. The second-order valence-electron chi connectivity index (χ2n) is 3.96. The minimum Gasteiger partial charge on any atom is -0.333 e. The number of H-pyrrole nitrogens is 1. The first-order valence-electron chi connectivity index (χ1n) is 5.20. The molecule has 2 rings (SSSR count). The molecule has 0 fully saturated rings. The van der Waals surface area contributed by atoms with Gasteiger partial charge in [0.15, 0.2) is 4.77 Å². The third-order valence-corrected chi connectivity index (χ3v) is 2.92. The molecule has 0 saturated carbocycles. The Morgan fingerprint density at radius 2 is 2.00 bits per heavy atom. The predicted molar refractivity (Wildman–Crippen MR) is 69.3 cm³/mol.